The average molecular weight is 422 g/mol. The Bertz CT molecular complexity index is 934. The summed E-state index contributed by atoms with van der Waals surface area (Å²) in [4.78, 5) is 4.40. The molecule has 0 spiro atoms. The zero-order chi connectivity index (χ0) is 21.7. The number of halogens is 1. The highest BCUT2D eigenvalue weighted by Gasteiger charge is 2.26. The van der Waals surface area contributed by atoms with Gasteiger partial charge in [-0.15, -0.1) is 0 Å². The molecule has 3 rings (SSSR count). The lowest BCUT2D eigenvalue weighted by atomic mass is 9.84. The predicted molar refractivity (Wildman–Crippen MR) is 127 cm³/mol. The third kappa shape index (κ3) is 5.86. The molecule has 1 N–H and O–H groups in total. The molecule has 1 aromatic carbocycles. The van der Waals surface area contributed by atoms with Crippen LogP contribution in [0.25, 0.3) is 11.1 Å². The van der Waals surface area contributed by atoms with Gasteiger partial charge in [-0.1, -0.05) is 49.9 Å². The number of rotatable bonds is 9. The van der Waals surface area contributed by atoms with Crippen LogP contribution in [0.5, 0.6) is 0 Å². The molecule has 1 saturated carbocycles. The van der Waals surface area contributed by atoms with Gasteiger partial charge in [-0.3, -0.25) is 4.98 Å². The second-order valence-corrected chi connectivity index (χ2v) is 9.22. The van der Waals surface area contributed by atoms with Crippen LogP contribution < -0.4 is 5.32 Å². The summed E-state index contributed by atoms with van der Waals surface area (Å²) in [5.74, 6) is 1.45. The Morgan fingerprint density at radius 2 is 1.97 bits per heavy atom. The summed E-state index contributed by atoms with van der Waals surface area (Å²) in [5.41, 5.74) is 5.67. The van der Waals surface area contributed by atoms with E-state index in [0.717, 1.165) is 46.8 Å². The van der Waals surface area contributed by atoms with Gasteiger partial charge in [0, 0.05) is 29.2 Å². The molecule has 3 nitrogen and oxygen atoms in total. The fourth-order valence-electron chi connectivity index (χ4n) is 4.02. The zero-order valence-electron chi connectivity index (χ0n) is 18.5. The molecule has 30 heavy (non-hydrogen) atoms. The van der Waals surface area contributed by atoms with Gasteiger partial charge in [-0.25, -0.2) is 0 Å². The van der Waals surface area contributed by atoms with E-state index in [4.69, 9.17) is 11.6 Å². The number of nitrogens with zero attached hydrogens (tertiary/aromatic N) is 2. The first-order chi connectivity index (χ1) is 14.4. The van der Waals surface area contributed by atoms with Gasteiger partial charge in [0.1, 0.15) is 6.07 Å². The molecule has 1 atom stereocenters. The van der Waals surface area contributed by atoms with Gasteiger partial charge in [0.2, 0.25) is 0 Å². The normalized spacial score (nSPS) is 15.5. The third-order valence-corrected chi connectivity index (χ3v) is 6.07. The first-order valence-electron chi connectivity index (χ1n) is 11.0. The lowest BCUT2D eigenvalue weighted by Crippen LogP contribution is -2.09. The van der Waals surface area contributed by atoms with Crippen molar-refractivity contribution in [1.82, 2.24) is 4.98 Å². The highest BCUT2D eigenvalue weighted by atomic mass is 35.5. The number of nitriles is 1. The summed E-state index contributed by atoms with van der Waals surface area (Å²) >= 11 is 6.25. The van der Waals surface area contributed by atoms with Crippen molar-refractivity contribution in [2.24, 2.45) is 11.8 Å². The maximum absolute atomic E-state index is 10.2. The smallest absolute Gasteiger partial charge is 0.100 e. The van der Waals surface area contributed by atoms with Crippen LogP contribution >= 0.6 is 11.6 Å². The van der Waals surface area contributed by atoms with E-state index in [1.54, 1.807) is 6.20 Å². The van der Waals surface area contributed by atoms with E-state index >= 15 is 0 Å². The van der Waals surface area contributed by atoms with Gasteiger partial charge in [-0.2, -0.15) is 5.26 Å². The number of anilines is 1. The topological polar surface area (TPSA) is 48.7 Å². The molecule has 1 fully saturated rings. The molecule has 4 heteroatoms. The Labute approximate surface area is 186 Å². The summed E-state index contributed by atoms with van der Waals surface area (Å²) in [7, 11) is 0. The van der Waals surface area contributed by atoms with Crippen molar-refractivity contribution in [3.8, 4) is 6.07 Å². The van der Waals surface area contributed by atoms with Gasteiger partial charge < -0.3 is 5.32 Å². The molecule has 0 amide bonds. The zero-order valence-corrected chi connectivity index (χ0v) is 19.3. The second kappa shape index (κ2) is 10.1. The molecular weight excluding hydrogens is 390 g/mol. The Kier molecular flexibility index (Phi) is 7.56. The Morgan fingerprint density at radius 1 is 1.27 bits per heavy atom. The summed E-state index contributed by atoms with van der Waals surface area (Å²) in [6.45, 7) is 8.47. The van der Waals surface area contributed by atoms with E-state index in [-0.39, 0.29) is 0 Å². The Balaban J connectivity index is 2.06. The highest BCUT2D eigenvalue weighted by molar-refractivity contribution is 6.30. The predicted octanol–water partition coefficient (Wildman–Crippen LogP) is 7.51. The van der Waals surface area contributed by atoms with Crippen LogP contribution in [0.4, 0.5) is 5.69 Å². The number of hydrogen-bond donors (Lipinski definition) is 1. The SMILES string of the molecule is CCC(C/C(=C(/C#N)c1cc(Cl)cnc1C)c1ccc(NC(C)C)cc1)CC1CC1. The van der Waals surface area contributed by atoms with E-state index < -0.39 is 0 Å². The van der Waals surface area contributed by atoms with Crippen molar-refractivity contribution < 1.29 is 0 Å². The van der Waals surface area contributed by atoms with Crippen LogP contribution in [0, 0.1) is 30.1 Å². The number of hydrogen-bond acceptors (Lipinski definition) is 3. The average Bonchev–Trinajstić information content (AvgIpc) is 3.54. The van der Waals surface area contributed by atoms with Crippen molar-refractivity contribution in [2.75, 3.05) is 5.32 Å². The van der Waals surface area contributed by atoms with E-state index in [1.165, 1.54) is 19.3 Å². The minimum Gasteiger partial charge on any atom is -0.383 e. The lowest BCUT2D eigenvalue weighted by molar-refractivity contribution is 0.452. The number of pyridine rings is 1. The number of aromatic nitrogens is 1. The van der Waals surface area contributed by atoms with Crippen LogP contribution in [0.1, 0.15) is 69.7 Å². The quantitative estimate of drug-likeness (QED) is 0.426. The van der Waals surface area contributed by atoms with Gasteiger partial charge >= 0.3 is 0 Å². The molecule has 1 aliphatic rings. The van der Waals surface area contributed by atoms with Crippen LogP contribution in [0.3, 0.4) is 0 Å². The van der Waals surface area contributed by atoms with Crippen LogP contribution in [0.2, 0.25) is 5.02 Å². The molecule has 158 valence electrons. The van der Waals surface area contributed by atoms with E-state index in [0.29, 0.717) is 22.6 Å². The summed E-state index contributed by atoms with van der Waals surface area (Å²) < 4.78 is 0. The number of nitrogens with one attached hydrogen (secondary N) is 1. The second-order valence-electron chi connectivity index (χ2n) is 8.79. The van der Waals surface area contributed by atoms with Crippen molar-refractivity contribution in [2.45, 2.75) is 65.8 Å². The number of aryl methyl sites for hydroxylation is 1. The monoisotopic (exact) mass is 421 g/mol. The Hall–Kier alpha value is -2.31. The molecule has 1 heterocycles. The van der Waals surface area contributed by atoms with Crippen LogP contribution in [-0.4, -0.2) is 11.0 Å². The summed E-state index contributed by atoms with van der Waals surface area (Å²) in [6, 6.07) is 13.2. The molecular formula is C26H32ClN3. The molecule has 1 aromatic heterocycles. The fraction of sp³-hybridized carbons (Fsp3) is 0.462. The van der Waals surface area contributed by atoms with E-state index in [1.807, 2.05) is 13.0 Å². The molecule has 0 bridgehead atoms. The Morgan fingerprint density at radius 3 is 2.53 bits per heavy atom. The number of allylic oxidation sites excluding steroid dienone is 2. The first kappa shape index (κ1) is 22.4. The maximum Gasteiger partial charge on any atom is 0.100 e. The van der Waals surface area contributed by atoms with Crippen molar-refractivity contribution in [3.05, 3.63) is 58.4 Å². The number of benzene rings is 1. The standard InChI is InChI=1S/C26H32ClN3/c1-5-19(12-20-6-7-20)13-25(21-8-10-23(11-9-21)30-17(2)3)26(15-28)24-14-22(27)16-29-18(24)4/h8-11,14,16-17,19-20,30H,5-7,12-13H2,1-4H3/b26-25+. The largest absolute Gasteiger partial charge is 0.383 e. The highest BCUT2D eigenvalue weighted by Crippen LogP contribution is 2.41. The first-order valence-corrected chi connectivity index (χ1v) is 11.4. The van der Waals surface area contributed by atoms with Gasteiger partial charge in [0.05, 0.1) is 10.6 Å². The molecule has 0 saturated heterocycles. The molecule has 1 unspecified atom stereocenters. The summed E-state index contributed by atoms with van der Waals surface area (Å²) in [6.07, 6.45) is 7.63. The summed E-state index contributed by atoms with van der Waals surface area (Å²) in [5, 5.41) is 14.2. The molecule has 0 aliphatic heterocycles. The van der Waals surface area contributed by atoms with Crippen molar-refractivity contribution in [3.63, 3.8) is 0 Å². The van der Waals surface area contributed by atoms with Gasteiger partial charge in [-0.05, 0) is 74.8 Å². The molecule has 0 radical (unpaired) electrons. The van der Waals surface area contributed by atoms with Gasteiger partial charge in [0.25, 0.3) is 0 Å². The molecule has 1 aliphatic carbocycles. The van der Waals surface area contributed by atoms with E-state index in [2.05, 4.69) is 61.4 Å². The fourth-order valence-corrected chi connectivity index (χ4v) is 4.18. The van der Waals surface area contributed by atoms with Crippen molar-refractivity contribution >= 4 is 28.4 Å². The van der Waals surface area contributed by atoms with E-state index in [9.17, 15) is 5.26 Å². The lowest BCUT2D eigenvalue weighted by Gasteiger charge is -2.20. The van der Waals surface area contributed by atoms with Crippen LogP contribution in [-0.2, 0) is 0 Å². The van der Waals surface area contributed by atoms with Gasteiger partial charge in [0.15, 0.2) is 0 Å². The third-order valence-electron chi connectivity index (χ3n) is 5.86. The van der Waals surface area contributed by atoms with Crippen LogP contribution in [0.15, 0.2) is 36.5 Å². The maximum atomic E-state index is 10.2. The minimum atomic E-state index is 0.378. The minimum absolute atomic E-state index is 0.378. The van der Waals surface area contributed by atoms with Crippen molar-refractivity contribution in [1.29, 1.82) is 5.26 Å². The molecule has 2 aromatic rings.